The van der Waals surface area contributed by atoms with Crippen LogP contribution in [0, 0.1) is 11.7 Å². The molecule has 0 unspecified atom stereocenters. The lowest BCUT2D eigenvalue weighted by atomic mass is 9.75. The Morgan fingerprint density at radius 3 is 2.53 bits per heavy atom. The van der Waals surface area contributed by atoms with Crippen LogP contribution in [-0.2, 0) is 28.2 Å². The molecule has 3 heterocycles. The minimum Gasteiger partial charge on any atom is -0.501 e. The summed E-state index contributed by atoms with van der Waals surface area (Å²) >= 11 is 5.76. The standard InChI is InChI=1S/C24H25ClF2N4O5/c1-12(2)17(32)20(35)30-24-8-6-23(27,7-9-24)11-31-21(36)18(33)16(29-22(24)31)19(34)28-10-13-4-3-5-14(25)15(13)26/h3-5,12,33H,6-11H2,1-2H3,(H,28,34)(H,30,35). The molecular weight excluding hydrogens is 498 g/mol. The number of ketones is 1. The number of amides is 2. The molecule has 1 fully saturated rings. The lowest BCUT2D eigenvalue weighted by Crippen LogP contribution is -2.53. The summed E-state index contributed by atoms with van der Waals surface area (Å²) in [7, 11) is 0. The number of rotatable bonds is 6. The Kier molecular flexibility index (Phi) is 6.63. The van der Waals surface area contributed by atoms with Gasteiger partial charge in [0.25, 0.3) is 17.4 Å². The molecule has 2 amide bonds. The molecule has 12 heteroatoms. The molecule has 3 aliphatic rings. The Hall–Kier alpha value is -3.34. The topological polar surface area (TPSA) is 130 Å². The van der Waals surface area contributed by atoms with E-state index in [-0.39, 0.29) is 48.6 Å². The number of halogens is 3. The predicted molar refractivity (Wildman–Crippen MR) is 125 cm³/mol. The third-order valence-electron chi connectivity index (χ3n) is 6.80. The molecule has 5 rings (SSSR count). The number of Topliss-reactive ketones (excluding diaryl/α,β-unsaturated/α-hetero) is 1. The van der Waals surface area contributed by atoms with Gasteiger partial charge in [0.2, 0.25) is 11.5 Å². The molecule has 0 saturated heterocycles. The van der Waals surface area contributed by atoms with E-state index in [9.17, 15) is 28.7 Å². The van der Waals surface area contributed by atoms with Crippen molar-refractivity contribution < 1.29 is 28.3 Å². The highest BCUT2D eigenvalue weighted by atomic mass is 35.5. The van der Waals surface area contributed by atoms with Crippen LogP contribution in [0.2, 0.25) is 5.02 Å². The van der Waals surface area contributed by atoms with Gasteiger partial charge in [-0.1, -0.05) is 37.6 Å². The summed E-state index contributed by atoms with van der Waals surface area (Å²) in [5.74, 6) is -5.05. The Morgan fingerprint density at radius 2 is 1.89 bits per heavy atom. The first-order chi connectivity index (χ1) is 16.9. The molecule has 0 spiro atoms. The number of aromatic nitrogens is 2. The summed E-state index contributed by atoms with van der Waals surface area (Å²) in [4.78, 5) is 55.2. The summed E-state index contributed by atoms with van der Waals surface area (Å²) in [6.07, 6.45) is 0.0177. The van der Waals surface area contributed by atoms with Gasteiger partial charge in [-0.3, -0.25) is 23.7 Å². The Labute approximate surface area is 209 Å². The molecule has 9 nitrogen and oxygen atoms in total. The number of hydrogen-bond donors (Lipinski definition) is 3. The minimum atomic E-state index is -1.78. The molecule has 3 N–H and O–H groups in total. The summed E-state index contributed by atoms with van der Waals surface area (Å²) in [6, 6.07) is 4.23. The average molecular weight is 523 g/mol. The van der Waals surface area contributed by atoms with Crippen molar-refractivity contribution in [3.63, 3.8) is 0 Å². The van der Waals surface area contributed by atoms with Crippen molar-refractivity contribution in [3.8, 4) is 5.75 Å². The highest BCUT2D eigenvalue weighted by molar-refractivity contribution is 6.36. The smallest absolute Gasteiger partial charge is 0.296 e. The van der Waals surface area contributed by atoms with E-state index in [0.29, 0.717) is 0 Å². The van der Waals surface area contributed by atoms with Crippen molar-refractivity contribution in [2.24, 2.45) is 5.92 Å². The van der Waals surface area contributed by atoms with E-state index in [4.69, 9.17) is 11.6 Å². The van der Waals surface area contributed by atoms with Crippen molar-refractivity contribution in [1.29, 1.82) is 0 Å². The predicted octanol–water partition coefficient (Wildman–Crippen LogP) is 2.50. The highest BCUT2D eigenvalue weighted by Crippen LogP contribution is 2.46. The van der Waals surface area contributed by atoms with Gasteiger partial charge >= 0.3 is 0 Å². The number of aromatic hydroxyl groups is 1. The van der Waals surface area contributed by atoms with Crippen LogP contribution in [0.25, 0.3) is 0 Å². The monoisotopic (exact) mass is 522 g/mol. The number of carbonyl (C=O) groups is 3. The molecule has 0 radical (unpaired) electrons. The maximum Gasteiger partial charge on any atom is 0.296 e. The summed E-state index contributed by atoms with van der Waals surface area (Å²) in [6.45, 7) is 2.37. The van der Waals surface area contributed by atoms with Crippen LogP contribution in [0.3, 0.4) is 0 Å². The molecule has 192 valence electrons. The average Bonchev–Trinajstić information content (AvgIpc) is 3.03. The van der Waals surface area contributed by atoms with Crippen molar-refractivity contribution in [2.75, 3.05) is 0 Å². The van der Waals surface area contributed by atoms with Crippen molar-refractivity contribution in [3.05, 3.63) is 56.5 Å². The zero-order valence-corrected chi connectivity index (χ0v) is 20.4. The van der Waals surface area contributed by atoms with Crippen LogP contribution in [0.15, 0.2) is 23.0 Å². The van der Waals surface area contributed by atoms with Crippen LogP contribution < -0.4 is 16.2 Å². The SMILES string of the molecule is CC(C)C(=O)C(=O)NC12CCC(F)(CC1)Cn1c2nc(C(=O)NCc2cccc(Cl)c2F)c(O)c1=O. The zero-order chi connectivity index (χ0) is 26.4. The van der Waals surface area contributed by atoms with Gasteiger partial charge in [-0.25, -0.2) is 13.8 Å². The van der Waals surface area contributed by atoms with Gasteiger partial charge in [-0.15, -0.1) is 0 Å². The number of nitrogens with one attached hydrogen (secondary N) is 2. The number of benzene rings is 1. The van der Waals surface area contributed by atoms with E-state index < -0.39 is 64.1 Å². The van der Waals surface area contributed by atoms with Gasteiger partial charge in [0.1, 0.15) is 17.3 Å². The second-order valence-corrected chi connectivity index (χ2v) is 10.0. The van der Waals surface area contributed by atoms with Crippen LogP contribution >= 0.6 is 11.6 Å². The van der Waals surface area contributed by atoms with Gasteiger partial charge in [0.05, 0.1) is 17.1 Å². The third-order valence-corrected chi connectivity index (χ3v) is 7.09. The zero-order valence-electron chi connectivity index (χ0n) is 19.7. The highest BCUT2D eigenvalue weighted by Gasteiger charge is 2.52. The maximum absolute atomic E-state index is 15.4. The number of alkyl halides is 1. The first kappa shape index (κ1) is 25.7. The van der Waals surface area contributed by atoms with E-state index in [1.807, 2.05) is 0 Å². The van der Waals surface area contributed by atoms with E-state index in [2.05, 4.69) is 15.6 Å². The Bertz CT molecular complexity index is 1320. The molecule has 1 aliphatic carbocycles. The third kappa shape index (κ3) is 4.47. The van der Waals surface area contributed by atoms with E-state index in [1.54, 1.807) is 13.8 Å². The van der Waals surface area contributed by atoms with Gasteiger partial charge in [0, 0.05) is 18.0 Å². The Morgan fingerprint density at radius 1 is 1.22 bits per heavy atom. The fourth-order valence-electron chi connectivity index (χ4n) is 4.67. The molecular formula is C24H25ClF2N4O5. The molecule has 1 aromatic carbocycles. The van der Waals surface area contributed by atoms with E-state index in [0.717, 1.165) is 4.57 Å². The molecule has 2 bridgehead atoms. The van der Waals surface area contributed by atoms with Crippen LogP contribution in [0.5, 0.6) is 5.75 Å². The van der Waals surface area contributed by atoms with Crippen molar-refractivity contribution >= 4 is 29.2 Å². The molecule has 36 heavy (non-hydrogen) atoms. The Balaban J connectivity index is 1.74. The van der Waals surface area contributed by atoms with Crippen LogP contribution in [-0.4, -0.2) is 37.9 Å². The molecule has 2 aromatic rings. The van der Waals surface area contributed by atoms with Crippen molar-refractivity contribution in [2.45, 2.75) is 63.8 Å². The van der Waals surface area contributed by atoms with Crippen LogP contribution in [0.4, 0.5) is 8.78 Å². The van der Waals surface area contributed by atoms with E-state index in [1.165, 1.54) is 18.2 Å². The molecule has 1 aromatic heterocycles. The molecule has 1 saturated carbocycles. The number of nitrogens with zero attached hydrogens (tertiary/aromatic N) is 2. The van der Waals surface area contributed by atoms with Gasteiger partial charge in [-0.05, 0) is 31.7 Å². The maximum atomic E-state index is 15.4. The molecule has 2 aliphatic heterocycles. The minimum absolute atomic E-state index is 0.0255. The summed E-state index contributed by atoms with van der Waals surface area (Å²) in [5.41, 5.74) is -4.83. The second kappa shape index (κ2) is 9.27. The van der Waals surface area contributed by atoms with E-state index >= 15 is 4.39 Å². The number of carbonyl (C=O) groups excluding carboxylic acids is 3. The second-order valence-electron chi connectivity index (χ2n) is 9.63. The molecule has 0 atom stereocenters. The van der Waals surface area contributed by atoms with Crippen LogP contribution in [0.1, 0.15) is 61.4 Å². The quantitative estimate of drug-likeness (QED) is 0.500. The lowest BCUT2D eigenvalue weighted by molar-refractivity contribution is -0.141. The fourth-order valence-corrected chi connectivity index (χ4v) is 4.87. The van der Waals surface area contributed by atoms with Gasteiger partial charge in [-0.2, -0.15) is 0 Å². The lowest BCUT2D eigenvalue weighted by Gasteiger charge is -2.38. The fraction of sp³-hybridized carbons (Fsp3) is 0.458. The van der Waals surface area contributed by atoms with Crippen molar-refractivity contribution in [1.82, 2.24) is 20.2 Å². The largest absolute Gasteiger partial charge is 0.501 e. The van der Waals surface area contributed by atoms with Gasteiger partial charge < -0.3 is 15.7 Å². The summed E-state index contributed by atoms with van der Waals surface area (Å²) < 4.78 is 30.6. The van der Waals surface area contributed by atoms with Gasteiger partial charge in [0.15, 0.2) is 5.69 Å². The normalized spacial score (nSPS) is 22.6. The first-order valence-corrected chi connectivity index (χ1v) is 11.9. The summed E-state index contributed by atoms with van der Waals surface area (Å²) in [5, 5.41) is 15.4. The first-order valence-electron chi connectivity index (χ1n) is 11.5. The number of hydrogen-bond acceptors (Lipinski definition) is 6. The number of fused-ring (bicyclic) bond motifs is 2.